The molecule has 0 aliphatic carbocycles. The van der Waals surface area contributed by atoms with E-state index in [1.807, 2.05) is 6.07 Å². The number of hydrogen-bond donors (Lipinski definition) is 0. The molecule has 3 heteroatoms. The van der Waals surface area contributed by atoms with Gasteiger partial charge in [-0.3, -0.25) is 0 Å². The quantitative estimate of drug-likeness (QED) is 0.161. The van der Waals surface area contributed by atoms with E-state index >= 15 is 0 Å². The normalized spacial score (nSPS) is 11.6. The van der Waals surface area contributed by atoms with Crippen molar-refractivity contribution in [1.82, 2.24) is 4.57 Å². The summed E-state index contributed by atoms with van der Waals surface area (Å²) in [5.74, 6) is 0. The van der Waals surface area contributed by atoms with E-state index in [1.165, 1.54) is 32.6 Å². The number of rotatable bonds is 7. The SMILES string of the molecule is c1ccc(-c2ccc(N(c3ccc4c5ccccc5n(-c5cccc6ccccc56)c4c3)c3ccccc3-c3cccc4c3oc3ccccc34)c(-c3ccccc3)c2)cc1. The fourth-order valence-corrected chi connectivity index (χ4v) is 9.41. The number of nitrogens with zero attached hydrogens (tertiary/aromatic N) is 2. The third-order valence-electron chi connectivity index (χ3n) is 12.2. The standard InChI is InChI=1S/C58H38N2O/c1-3-17-39(18-4-1)42-33-36-55(51(37-42)41-19-5-2-6-20-41)59(53-29-12-10-25-46(53)49-27-16-28-50-48-26-11-14-32-57(48)61-58(49)50)43-34-35-47-45-24-9-13-30-54(45)60(56(47)38-43)52-31-15-22-40-21-7-8-23-44(40)52/h1-38H. The van der Waals surface area contributed by atoms with Gasteiger partial charge in [-0.15, -0.1) is 0 Å². The van der Waals surface area contributed by atoms with Crippen LogP contribution in [0.5, 0.6) is 0 Å². The number of para-hydroxylation sites is 4. The van der Waals surface area contributed by atoms with Crippen molar-refractivity contribution in [3.05, 3.63) is 231 Å². The molecule has 2 heterocycles. The second-order valence-corrected chi connectivity index (χ2v) is 15.6. The van der Waals surface area contributed by atoms with E-state index in [0.29, 0.717) is 0 Å². The number of furan rings is 1. The highest BCUT2D eigenvalue weighted by Crippen LogP contribution is 2.49. The third-order valence-corrected chi connectivity index (χ3v) is 12.2. The number of anilines is 3. The molecule has 286 valence electrons. The molecule has 0 atom stereocenters. The Morgan fingerprint density at radius 3 is 1.84 bits per heavy atom. The Hall–Kier alpha value is -8.14. The fraction of sp³-hybridized carbons (Fsp3) is 0. The summed E-state index contributed by atoms with van der Waals surface area (Å²) < 4.78 is 9.16. The molecule has 0 saturated carbocycles. The van der Waals surface area contributed by atoms with Gasteiger partial charge in [0.15, 0.2) is 0 Å². The molecule has 0 bridgehead atoms. The van der Waals surface area contributed by atoms with Crippen LogP contribution in [0.2, 0.25) is 0 Å². The molecule has 0 radical (unpaired) electrons. The van der Waals surface area contributed by atoms with Crippen LogP contribution in [0, 0.1) is 0 Å². The Morgan fingerprint density at radius 2 is 0.967 bits per heavy atom. The van der Waals surface area contributed by atoms with Crippen molar-refractivity contribution in [2.45, 2.75) is 0 Å². The van der Waals surface area contributed by atoms with E-state index in [4.69, 9.17) is 4.42 Å². The lowest BCUT2D eigenvalue weighted by molar-refractivity contribution is 0.670. The molecule has 0 unspecified atom stereocenters. The molecule has 2 aromatic heterocycles. The molecule has 12 rings (SSSR count). The molecule has 0 saturated heterocycles. The lowest BCUT2D eigenvalue weighted by Crippen LogP contribution is -2.13. The monoisotopic (exact) mass is 778 g/mol. The smallest absolute Gasteiger partial charge is 0.143 e. The van der Waals surface area contributed by atoms with Gasteiger partial charge in [0.05, 0.1) is 28.1 Å². The lowest BCUT2D eigenvalue weighted by atomic mass is 9.95. The van der Waals surface area contributed by atoms with E-state index in [2.05, 4.69) is 234 Å². The summed E-state index contributed by atoms with van der Waals surface area (Å²) >= 11 is 0. The zero-order valence-electron chi connectivity index (χ0n) is 33.2. The summed E-state index contributed by atoms with van der Waals surface area (Å²) in [5, 5.41) is 7.06. The Morgan fingerprint density at radius 1 is 0.344 bits per heavy atom. The summed E-state index contributed by atoms with van der Waals surface area (Å²) in [6.45, 7) is 0. The molecule has 0 spiro atoms. The number of aromatic nitrogens is 1. The summed E-state index contributed by atoms with van der Waals surface area (Å²) in [4.78, 5) is 2.46. The largest absolute Gasteiger partial charge is 0.455 e. The first kappa shape index (κ1) is 34.9. The van der Waals surface area contributed by atoms with E-state index in [0.717, 1.165) is 78.0 Å². The van der Waals surface area contributed by atoms with Gasteiger partial charge in [-0.25, -0.2) is 0 Å². The van der Waals surface area contributed by atoms with E-state index < -0.39 is 0 Å². The van der Waals surface area contributed by atoms with Gasteiger partial charge in [0.2, 0.25) is 0 Å². The Balaban J connectivity index is 1.17. The van der Waals surface area contributed by atoms with Gasteiger partial charge in [-0.05, 0) is 70.6 Å². The molecular formula is C58H38N2O. The average molecular weight is 779 g/mol. The van der Waals surface area contributed by atoms with Crippen molar-refractivity contribution in [3.63, 3.8) is 0 Å². The summed E-state index contributed by atoms with van der Waals surface area (Å²) in [6, 6.07) is 83.0. The van der Waals surface area contributed by atoms with Gasteiger partial charge in [-0.1, -0.05) is 182 Å². The third kappa shape index (κ3) is 5.74. The number of fused-ring (bicyclic) bond motifs is 7. The van der Waals surface area contributed by atoms with Crippen molar-refractivity contribution in [2.24, 2.45) is 0 Å². The molecule has 0 N–H and O–H groups in total. The lowest BCUT2D eigenvalue weighted by Gasteiger charge is -2.30. The molecule has 10 aromatic carbocycles. The maximum atomic E-state index is 6.71. The van der Waals surface area contributed by atoms with Gasteiger partial charge in [0, 0.05) is 49.3 Å². The van der Waals surface area contributed by atoms with Crippen LogP contribution < -0.4 is 4.90 Å². The van der Waals surface area contributed by atoms with Crippen LogP contribution in [0.1, 0.15) is 0 Å². The highest BCUT2D eigenvalue weighted by atomic mass is 16.3. The first-order chi connectivity index (χ1) is 30.3. The molecule has 0 amide bonds. The van der Waals surface area contributed by atoms with Gasteiger partial charge in [0.25, 0.3) is 0 Å². The van der Waals surface area contributed by atoms with Gasteiger partial charge in [0.1, 0.15) is 11.2 Å². The van der Waals surface area contributed by atoms with Crippen LogP contribution in [0.3, 0.4) is 0 Å². The van der Waals surface area contributed by atoms with Crippen LogP contribution in [0.25, 0.3) is 93.6 Å². The minimum absolute atomic E-state index is 0.880. The van der Waals surface area contributed by atoms with E-state index in [1.54, 1.807) is 0 Å². The van der Waals surface area contributed by atoms with Gasteiger partial charge >= 0.3 is 0 Å². The second kappa shape index (κ2) is 14.3. The van der Waals surface area contributed by atoms with Crippen LogP contribution in [-0.4, -0.2) is 4.57 Å². The van der Waals surface area contributed by atoms with Crippen LogP contribution >= 0.6 is 0 Å². The molecule has 61 heavy (non-hydrogen) atoms. The van der Waals surface area contributed by atoms with Crippen molar-refractivity contribution in [2.75, 3.05) is 4.90 Å². The molecular weight excluding hydrogens is 741 g/mol. The van der Waals surface area contributed by atoms with E-state index in [-0.39, 0.29) is 0 Å². The summed E-state index contributed by atoms with van der Waals surface area (Å²) in [6.07, 6.45) is 0. The highest BCUT2D eigenvalue weighted by Gasteiger charge is 2.25. The summed E-state index contributed by atoms with van der Waals surface area (Å²) in [7, 11) is 0. The first-order valence-electron chi connectivity index (χ1n) is 20.8. The van der Waals surface area contributed by atoms with Crippen molar-refractivity contribution in [3.8, 4) is 39.1 Å². The zero-order valence-corrected chi connectivity index (χ0v) is 33.2. The minimum atomic E-state index is 0.880. The van der Waals surface area contributed by atoms with Crippen LogP contribution in [0.4, 0.5) is 17.1 Å². The molecule has 0 fully saturated rings. The molecule has 0 aliphatic heterocycles. The molecule has 3 nitrogen and oxygen atoms in total. The van der Waals surface area contributed by atoms with E-state index in [9.17, 15) is 0 Å². The van der Waals surface area contributed by atoms with Crippen molar-refractivity contribution in [1.29, 1.82) is 0 Å². The minimum Gasteiger partial charge on any atom is -0.455 e. The zero-order chi connectivity index (χ0) is 40.3. The predicted octanol–water partition coefficient (Wildman–Crippen LogP) is 16.3. The average Bonchev–Trinajstić information content (AvgIpc) is 3.88. The number of benzene rings is 10. The number of hydrogen-bond acceptors (Lipinski definition) is 2. The Kier molecular flexibility index (Phi) is 8.17. The van der Waals surface area contributed by atoms with Crippen LogP contribution in [0.15, 0.2) is 235 Å². The Labute approximate surface area is 353 Å². The first-order valence-corrected chi connectivity index (χ1v) is 20.8. The molecule has 0 aliphatic rings. The van der Waals surface area contributed by atoms with Crippen molar-refractivity contribution >= 4 is 71.6 Å². The maximum Gasteiger partial charge on any atom is 0.143 e. The topological polar surface area (TPSA) is 21.3 Å². The maximum absolute atomic E-state index is 6.71. The Bertz CT molecular complexity index is 3590. The second-order valence-electron chi connectivity index (χ2n) is 15.6. The fourth-order valence-electron chi connectivity index (χ4n) is 9.41. The predicted molar refractivity (Wildman–Crippen MR) is 257 cm³/mol. The summed E-state index contributed by atoms with van der Waals surface area (Å²) in [5.41, 5.74) is 15.1. The van der Waals surface area contributed by atoms with Crippen molar-refractivity contribution < 1.29 is 4.42 Å². The van der Waals surface area contributed by atoms with Gasteiger partial charge < -0.3 is 13.9 Å². The highest BCUT2D eigenvalue weighted by molar-refractivity contribution is 6.13. The molecule has 12 aromatic rings. The van der Waals surface area contributed by atoms with Gasteiger partial charge in [-0.2, -0.15) is 0 Å². The van der Waals surface area contributed by atoms with Crippen LogP contribution in [-0.2, 0) is 0 Å².